The fourth-order valence-corrected chi connectivity index (χ4v) is 2.34. The predicted octanol–water partition coefficient (Wildman–Crippen LogP) is 2.53. The number of anilines is 1. The molecule has 0 aliphatic rings. The van der Waals surface area contributed by atoms with Crippen molar-refractivity contribution in [2.45, 2.75) is 6.54 Å². The summed E-state index contributed by atoms with van der Waals surface area (Å²) < 4.78 is 0. The Balaban J connectivity index is 1.70. The first-order valence-corrected chi connectivity index (χ1v) is 8.12. The van der Waals surface area contributed by atoms with Crippen molar-refractivity contribution in [1.29, 1.82) is 5.26 Å². The third kappa shape index (κ3) is 4.52. The molecule has 0 atom stereocenters. The van der Waals surface area contributed by atoms with Gasteiger partial charge in [-0.05, 0) is 42.0 Å². The predicted molar refractivity (Wildman–Crippen MR) is 98.8 cm³/mol. The van der Waals surface area contributed by atoms with Crippen molar-refractivity contribution in [3.8, 4) is 6.07 Å². The monoisotopic (exact) mass is 357 g/mol. The van der Waals surface area contributed by atoms with Crippen LogP contribution in [0.3, 0.4) is 0 Å². The average Bonchev–Trinajstić information content (AvgIpc) is 2.73. The van der Waals surface area contributed by atoms with Gasteiger partial charge in [-0.15, -0.1) is 0 Å². The number of hydrogen-bond donors (Lipinski definition) is 2. The first-order valence-electron chi connectivity index (χ1n) is 8.12. The van der Waals surface area contributed by atoms with Crippen molar-refractivity contribution in [2.24, 2.45) is 0 Å². The number of aromatic nitrogens is 2. The Morgan fingerprint density at radius 1 is 0.926 bits per heavy atom. The van der Waals surface area contributed by atoms with E-state index in [1.807, 2.05) is 6.07 Å². The number of benzene rings is 1. The quantitative estimate of drug-likeness (QED) is 0.729. The van der Waals surface area contributed by atoms with Crippen LogP contribution in [0.5, 0.6) is 0 Å². The van der Waals surface area contributed by atoms with Crippen LogP contribution in [0.15, 0.2) is 67.0 Å². The molecule has 7 heteroatoms. The molecule has 2 amide bonds. The maximum absolute atomic E-state index is 12.4. The van der Waals surface area contributed by atoms with Gasteiger partial charge in [0.1, 0.15) is 17.5 Å². The number of amides is 2. The van der Waals surface area contributed by atoms with Gasteiger partial charge in [0.2, 0.25) is 0 Å². The van der Waals surface area contributed by atoms with E-state index in [9.17, 15) is 9.59 Å². The molecular formula is C20H15N5O2. The van der Waals surface area contributed by atoms with Gasteiger partial charge in [0.25, 0.3) is 11.8 Å². The van der Waals surface area contributed by atoms with E-state index in [0.717, 1.165) is 5.56 Å². The highest BCUT2D eigenvalue weighted by Crippen LogP contribution is 2.14. The summed E-state index contributed by atoms with van der Waals surface area (Å²) in [5.74, 6) is -0.889. The van der Waals surface area contributed by atoms with Gasteiger partial charge < -0.3 is 10.6 Å². The maximum atomic E-state index is 12.4. The molecule has 0 bridgehead atoms. The molecule has 0 spiro atoms. The number of para-hydroxylation sites is 1. The molecule has 3 rings (SSSR count). The standard InChI is InChI=1S/C20H15N5O2/c21-12-15-4-1-2-5-16(15)25-20(27)18-7-3-6-17(24-18)19(26)23-13-14-8-10-22-11-9-14/h1-11H,13H2,(H,23,26)(H,25,27). The molecule has 2 heterocycles. The third-order valence-electron chi connectivity index (χ3n) is 3.71. The average molecular weight is 357 g/mol. The van der Waals surface area contributed by atoms with E-state index in [1.165, 1.54) is 12.1 Å². The summed E-state index contributed by atoms with van der Waals surface area (Å²) in [7, 11) is 0. The smallest absolute Gasteiger partial charge is 0.274 e. The van der Waals surface area contributed by atoms with Crippen molar-refractivity contribution < 1.29 is 9.59 Å². The molecular weight excluding hydrogens is 342 g/mol. The van der Waals surface area contributed by atoms with Gasteiger partial charge in [0.15, 0.2) is 0 Å². The second-order valence-corrected chi connectivity index (χ2v) is 5.56. The molecule has 0 saturated heterocycles. The molecule has 0 fully saturated rings. The number of nitrogens with zero attached hydrogens (tertiary/aromatic N) is 3. The number of nitriles is 1. The minimum absolute atomic E-state index is 0.0827. The lowest BCUT2D eigenvalue weighted by Crippen LogP contribution is -2.25. The summed E-state index contributed by atoms with van der Waals surface area (Å²) in [5.41, 5.74) is 1.85. The largest absolute Gasteiger partial charge is 0.347 e. The Morgan fingerprint density at radius 3 is 2.37 bits per heavy atom. The zero-order chi connectivity index (χ0) is 19.1. The molecule has 132 valence electrons. The molecule has 7 nitrogen and oxygen atoms in total. The third-order valence-corrected chi connectivity index (χ3v) is 3.71. The van der Waals surface area contributed by atoms with Crippen molar-refractivity contribution in [1.82, 2.24) is 15.3 Å². The summed E-state index contributed by atoms with van der Waals surface area (Å²) in [6, 6.07) is 16.9. The van der Waals surface area contributed by atoms with E-state index >= 15 is 0 Å². The molecule has 1 aromatic carbocycles. The number of carbonyl (C=O) groups excluding carboxylic acids is 2. The van der Waals surface area contributed by atoms with Gasteiger partial charge in [-0.3, -0.25) is 14.6 Å². The molecule has 27 heavy (non-hydrogen) atoms. The van der Waals surface area contributed by atoms with Crippen LogP contribution in [0.2, 0.25) is 0 Å². The van der Waals surface area contributed by atoms with Crippen LogP contribution in [0.1, 0.15) is 32.1 Å². The topological polar surface area (TPSA) is 108 Å². The minimum Gasteiger partial charge on any atom is -0.347 e. The summed E-state index contributed by atoms with van der Waals surface area (Å²) in [5, 5.41) is 14.5. The Kier molecular flexibility index (Phi) is 5.50. The van der Waals surface area contributed by atoms with Crippen LogP contribution in [0.25, 0.3) is 0 Å². The first kappa shape index (κ1) is 17.8. The van der Waals surface area contributed by atoms with E-state index in [1.54, 1.807) is 54.9 Å². The fraction of sp³-hybridized carbons (Fsp3) is 0.0500. The number of hydrogen-bond acceptors (Lipinski definition) is 5. The molecule has 2 N–H and O–H groups in total. The van der Waals surface area contributed by atoms with Crippen LogP contribution in [-0.4, -0.2) is 21.8 Å². The van der Waals surface area contributed by atoms with Crippen LogP contribution in [-0.2, 0) is 6.54 Å². The van der Waals surface area contributed by atoms with Gasteiger partial charge in [-0.1, -0.05) is 18.2 Å². The second kappa shape index (κ2) is 8.36. The molecule has 0 aliphatic carbocycles. The van der Waals surface area contributed by atoms with Crippen LogP contribution < -0.4 is 10.6 Å². The normalized spacial score (nSPS) is 9.89. The fourth-order valence-electron chi connectivity index (χ4n) is 2.34. The summed E-state index contributed by atoms with van der Waals surface area (Å²) >= 11 is 0. The summed E-state index contributed by atoms with van der Waals surface area (Å²) in [6.45, 7) is 0.328. The van der Waals surface area contributed by atoms with E-state index in [0.29, 0.717) is 17.8 Å². The van der Waals surface area contributed by atoms with Gasteiger partial charge >= 0.3 is 0 Å². The van der Waals surface area contributed by atoms with Gasteiger partial charge in [-0.2, -0.15) is 5.26 Å². The number of pyridine rings is 2. The Hall–Kier alpha value is -4.05. The van der Waals surface area contributed by atoms with Crippen molar-refractivity contribution >= 4 is 17.5 Å². The van der Waals surface area contributed by atoms with Gasteiger partial charge in [-0.25, -0.2) is 4.98 Å². The highest BCUT2D eigenvalue weighted by atomic mass is 16.2. The highest BCUT2D eigenvalue weighted by Gasteiger charge is 2.13. The molecule has 3 aromatic rings. The first-order chi connectivity index (χ1) is 13.2. The van der Waals surface area contributed by atoms with Crippen molar-refractivity contribution in [3.63, 3.8) is 0 Å². The Bertz CT molecular complexity index is 1010. The van der Waals surface area contributed by atoms with Gasteiger partial charge in [0, 0.05) is 18.9 Å². The molecule has 0 saturated carbocycles. The zero-order valence-corrected chi connectivity index (χ0v) is 14.2. The van der Waals surface area contributed by atoms with Crippen LogP contribution in [0.4, 0.5) is 5.69 Å². The zero-order valence-electron chi connectivity index (χ0n) is 14.2. The van der Waals surface area contributed by atoms with E-state index < -0.39 is 5.91 Å². The SMILES string of the molecule is N#Cc1ccccc1NC(=O)c1cccc(C(=O)NCc2ccncc2)n1. The second-order valence-electron chi connectivity index (χ2n) is 5.56. The Labute approximate surface area is 155 Å². The summed E-state index contributed by atoms with van der Waals surface area (Å²) in [4.78, 5) is 32.7. The van der Waals surface area contributed by atoms with E-state index in [2.05, 4.69) is 20.6 Å². The lowest BCUT2D eigenvalue weighted by Gasteiger charge is -2.08. The minimum atomic E-state index is -0.499. The molecule has 0 radical (unpaired) electrons. The summed E-state index contributed by atoms with van der Waals surface area (Å²) in [6.07, 6.45) is 3.29. The van der Waals surface area contributed by atoms with E-state index in [-0.39, 0.29) is 17.3 Å². The molecule has 0 aliphatic heterocycles. The van der Waals surface area contributed by atoms with Crippen LogP contribution >= 0.6 is 0 Å². The highest BCUT2D eigenvalue weighted by molar-refractivity contribution is 6.04. The lowest BCUT2D eigenvalue weighted by molar-refractivity contribution is 0.0945. The van der Waals surface area contributed by atoms with Crippen LogP contribution in [0, 0.1) is 11.3 Å². The van der Waals surface area contributed by atoms with E-state index in [4.69, 9.17) is 5.26 Å². The van der Waals surface area contributed by atoms with Crippen molar-refractivity contribution in [3.05, 3.63) is 89.5 Å². The number of carbonyl (C=O) groups is 2. The van der Waals surface area contributed by atoms with Gasteiger partial charge in [0.05, 0.1) is 11.3 Å². The maximum Gasteiger partial charge on any atom is 0.274 e. The Morgan fingerprint density at radius 2 is 1.63 bits per heavy atom. The number of rotatable bonds is 5. The number of nitrogens with one attached hydrogen (secondary N) is 2. The van der Waals surface area contributed by atoms with Crippen molar-refractivity contribution in [2.75, 3.05) is 5.32 Å². The molecule has 2 aromatic heterocycles. The molecule has 0 unspecified atom stereocenters. The lowest BCUT2D eigenvalue weighted by atomic mass is 10.2.